The highest BCUT2D eigenvalue weighted by molar-refractivity contribution is 9.10. The number of aliphatic hydroxyl groups is 1. The van der Waals surface area contributed by atoms with Crippen molar-refractivity contribution in [1.29, 1.82) is 0 Å². The van der Waals surface area contributed by atoms with E-state index in [1.807, 2.05) is 0 Å². The molecule has 1 heterocycles. The third kappa shape index (κ3) is 4.70. The topological polar surface area (TPSA) is 32.3 Å². The standard InChI is InChI=1S/C13H22BrNOS/c1-12(2,11-7-10(14)8-17-11)9-15-13(3,4)5-6-16/h7-8,15-16H,5-6,9H2,1-4H3. The van der Waals surface area contributed by atoms with Crippen LogP contribution in [0.2, 0.25) is 0 Å². The molecule has 2 N–H and O–H groups in total. The van der Waals surface area contributed by atoms with Crippen molar-refractivity contribution in [2.45, 2.75) is 45.1 Å². The fraction of sp³-hybridized carbons (Fsp3) is 0.692. The van der Waals surface area contributed by atoms with Gasteiger partial charge in [0.1, 0.15) is 0 Å². The third-order valence-corrected chi connectivity index (χ3v) is 5.04. The van der Waals surface area contributed by atoms with E-state index in [4.69, 9.17) is 5.11 Å². The maximum atomic E-state index is 9.01. The molecular formula is C13H22BrNOS. The Bertz CT molecular complexity index is 360. The molecule has 0 bridgehead atoms. The number of thiophene rings is 1. The lowest BCUT2D eigenvalue weighted by atomic mass is 9.89. The van der Waals surface area contributed by atoms with E-state index in [1.54, 1.807) is 11.3 Å². The molecule has 17 heavy (non-hydrogen) atoms. The van der Waals surface area contributed by atoms with Crippen molar-refractivity contribution >= 4 is 27.3 Å². The summed E-state index contributed by atoms with van der Waals surface area (Å²) >= 11 is 5.28. The van der Waals surface area contributed by atoms with E-state index in [9.17, 15) is 0 Å². The number of nitrogens with one attached hydrogen (secondary N) is 1. The first-order valence-corrected chi connectivity index (χ1v) is 7.54. The zero-order valence-electron chi connectivity index (χ0n) is 11.0. The minimum atomic E-state index is -0.0134. The van der Waals surface area contributed by atoms with Gasteiger partial charge >= 0.3 is 0 Å². The molecule has 0 saturated carbocycles. The molecule has 0 aromatic carbocycles. The minimum Gasteiger partial charge on any atom is -0.396 e. The second-order valence-electron chi connectivity index (χ2n) is 5.72. The summed E-state index contributed by atoms with van der Waals surface area (Å²) in [7, 11) is 0. The highest BCUT2D eigenvalue weighted by Crippen LogP contribution is 2.31. The molecule has 0 fully saturated rings. The van der Waals surface area contributed by atoms with Crippen LogP contribution in [0, 0.1) is 0 Å². The Labute approximate surface area is 117 Å². The van der Waals surface area contributed by atoms with Crippen molar-refractivity contribution in [3.8, 4) is 0 Å². The molecule has 0 amide bonds. The van der Waals surface area contributed by atoms with Crippen LogP contribution >= 0.6 is 27.3 Å². The van der Waals surface area contributed by atoms with E-state index in [-0.39, 0.29) is 17.6 Å². The summed E-state index contributed by atoms with van der Waals surface area (Å²) in [5, 5.41) is 14.7. The van der Waals surface area contributed by atoms with Crippen molar-refractivity contribution in [1.82, 2.24) is 5.32 Å². The highest BCUT2D eigenvalue weighted by atomic mass is 79.9. The Morgan fingerprint density at radius 3 is 2.47 bits per heavy atom. The van der Waals surface area contributed by atoms with Crippen LogP contribution in [0.25, 0.3) is 0 Å². The van der Waals surface area contributed by atoms with Gasteiger partial charge in [-0.15, -0.1) is 11.3 Å². The molecule has 0 atom stereocenters. The lowest BCUT2D eigenvalue weighted by Crippen LogP contribution is -2.46. The van der Waals surface area contributed by atoms with Gasteiger partial charge in [-0.3, -0.25) is 0 Å². The highest BCUT2D eigenvalue weighted by Gasteiger charge is 2.26. The molecule has 0 aliphatic carbocycles. The molecule has 0 aliphatic rings. The quantitative estimate of drug-likeness (QED) is 0.840. The number of rotatable bonds is 6. The van der Waals surface area contributed by atoms with Crippen molar-refractivity contribution < 1.29 is 5.11 Å². The minimum absolute atomic E-state index is 0.0134. The van der Waals surface area contributed by atoms with Crippen LogP contribution in [0.15, 0.2) is 15.9 Å². The van der Waals surface area contributed by atoms with Gasteiger partial charge in [0.05, 0.1) is 0 Å². The fourth-order valence-corrected chi connectivity index (χ4v) is 3.14. The van der Waals surface area contributed by atoms with Crippen molar-refractivity contribution in [2.24, 2.45) is 0 Å². The third-order valence-electron chi connectivity index (χ3n) is 2.98. The molecule has 0 unspecified atom stereocenters. The molecule has 0 radical (unpaired) electrons. The summed E-state index contributed by atoms with van der Waals surface area (Å²) < 4.78 is 1.15. The zero-order chi connectivity index (χ0) is 13.1. The maximum Gasteiger partial charge on any atom is 0.0448 e. The van der Waals surface area contributed by atoms with E-state index < -0.39 is 0 Å². The second-order valence-corrected chi connectivity index (χ2v) is 7.55. The van der Waals surface area contributed by atoms with Crippen molar-refractivity contribution in [3.05, 3.63) is 20.8 Å². The molecule has 4 heteroatoms. The Balaban J connectivity index is 2.61. The molecule has 0 saturated heterocycles. The van der Waals surface area contributed by atoms with Crippen molar-refractivity contribution in [2.75, 3.05) is 13.2 Å². The Morgan fingerprint density at radius 1 is 1.35 bits per heavy atom. The van der Waals surface area contributed by atoms with E-state index in [0.29, 0.717) is 0 Å². The van der Waals surface area contributed by atoms with Gasteiger partial charge in [0, 0.05) is 38.8 Å². The van der Waals surface area contributed by atoms with Gasteiger partial charge in [0.2, 0.25) is 0 Å². The predicted molar refractivity (Wildman–Crippen MR) is 78.8 cm³/mol. The second kappa shape index (κ2) is 5.83. The molecule has 1 aromatic rings. The average Bonchev–Trinajstić information content (AvgIpc) is 2.63. The lowest BCUT2D eigenvalue weighted by Gasteiger charge is -2.32. The maximum absolute atomic E-state index is 9.01. The van der Waals surface area contributed by atoms with E-state index in [0.717, 1.165) is 17.4 Å². The van der Waals surface area contributed by atoms with E-state index in [2.05, 4.69) is 60.4 Å². The molecule has 0 aliphatic heterocycles. The summed E-state index contributed by atoms with van der Waals surface area (Å²) in [6, 6.07) is 2.19. The first-order chi connectivity index (χ1) is 7.77. The van der Waals surface area contributed by atoms with Crippen LogP contribution in [0.4, 0.5) is 0 Å². The molecule has 1 rings (SSSR count). The van der Waals surface area contributed by atoms with Gasteiger partial charge in [-0.05, 0) is 42.3 Å². The molecule has 1 aromatic heterocycles. The SMILES string of the molecule is CC(C)(CCO)NCC(C)(C)c1cc(Br)cs1. The van der Waals surface area contributed by atoms with Crippen LogP contribution in [0.5, 0.6) is 0 Å². The van der Waals surface area contributed by atoms with Gasteiger partial charge in [-0.1, -0.05) is 13.8 Å². The normalized spacial score (nSPS) is 13.1. The Morgan fingerprint density at radius 2 is 2.00 bits per heavy atom. The number of aliphatic hydroxyl groups excluding tert-OH is 1. The van der Waals surface area contributed by atoms with Crippen LogP contribution < -0.4 is 5.32 Å². The van der Waals surface area contributed by atoms with Crippen LogP contribution in [0.1, 0.15) is 39.0 Å². The van der Waals surface area contributed by atoms with E-state index >= 15 is 0 Å². The van der Waals surface area contributed by atoms with Crippen LogP contribution in [-0.2, 0) is 5.41 Å². The predicted octanol–water partition coefficient (Wildman–Crippen LogP) is 3.54. The summed E-state index contributed by atoms with van der Waals surface area (Å²) in [6.07, 6.45) is 0.775. The van der Waals surface area contributed by atoms with Gasteiger partial charge < -0.3 is 10.4 Å². The Hall–Kier alpha value is 0.1000. The molecule has 98 valence electrons. The summed E-state index contributed by atoms with van der Waals surface area (Å²) in [5.41, 5.74) is 0.101. The van der Waals surface area contributed by atoms with Gasteiger partial charge in [-0.25, -0.2) is 0 Å². The fourth-order valence-electron chi connectivity index (χ4n) is 1.58. The first kappa shape index (κ1) is 15.2. The lowest BCUT2D eigenvalue weighted by molar-refractivity contribution is 0.224. The summed E-state index contributed by atoms with van der Waals surface area (Å²) in [5.74, 6) is 0. The van der Waals surface area contributed by atoms with Crippen LogP contribution in [-0.4, -0.2) is 23.8 Å². The number of hydrogen-bond donors (Lipinski definition) is 2. The zero-order valence-corrected chi connectivity index (χ0v) is 13.4. The molecular weight excluding hydrogens is 298 g/mol. The average molecular weight is 320 g/mol. The summed E-state index contributed by atoms with van der Waals surface area (Å²) in [6.45, 7) is 9.88. The van der Waals surface area contributed by atoms with Gasteiger partial charge in [0.25, 0.3) is 0 Å². The Kier molecular flexibility index (Phi) is 5.20. The van der Waals surface area contributed by atoms with Gasteiger partial charge in [-0.2, -0.15) is 0 Å². The largest absolute Gasteiger partial charge is 0.396 e. The van der Waals surface area contributed by atoms with Gasteiger partial charge in [0.15, 0.2) is 0 Å². The molecule has 2 nitrogen and oxygen atoms in total. The van der Waals surface area contributed by atoms with E-state index in [1.165, 1.54) is 4.88 Å². The number of hydrogen-bond acceptors (Lipinski definition) is 3. The number of halogens is 1. The first-order valence-electron chi connectivity index (χ1n) is 5.87. The van der Waals surface area contributed by atoms with Crippen LogP contribution in [0.3, 0.4) is 0 Å². The molecule has 0 spiro atoms. The van der Waals surface area contributed by atoms with Crippen molar-refractivity contribution in [3.63, 3.8) is 0 Å². The summed E-state index contributed by atoms with van der Waals surface area (Å²) in [4.78, 5) is 1.37. The smallest absolute Gasteiger partial charge is 0.0448 e. The monoisotopic (exact) mass is 319 g/mol.